The first-order chi connectivity index (χ1) is 59.0. The Morgan fingerprint density at radius 1 is 0.512 bits per heavy atom. The lowest BCUT2D eigenvalue weighted by Gasteiger charge is -2.36. The molecule has 7 N–H and O–H groups in total. The van der Waals surface area contributed by atoms with E-state index < -0.39 is 65.3 Å². The molecule has 123 heavy (non-hydrogen) atoms. The summed E-state index contributed by atoms with van der Waals surface area (Å²) in [6.07, 6.45) is 12.5. The topological polar surface area (TPSA) is 375 Å². The van der Waals surface area contributed by atoms with Gasteiger partial charge in [-0.2, -0.15) is 0 Å². The fourth-order valence-corrected chi connectivity index (χ4v) is 19.1. The average molecular weight is 1680 g/mol. The molecule has 2 aromatic heterocycles. The van der Waals surface area contributed by atoms with E-state index in [2.05, 4.69) is 104 Å². The van der Waals surface area contributed by atoms with Crippen LogP contribution in [0.25, 0.3) is 21.8 Å². The Morgan fingerprint density at radius 3 is 1.46 bits per heavy atom. The lowest BCUT2D eigenvalue weighted by atomic mass is 9.88. The van der Waals surface area contributed by atoms with Crippen molar-refractivity contribution in [1.29, 1.82) is 0 Å². The molecule has 2 unspecified atom stereocenters. The number of aliphatic carboxylic acids is 1. The van der Waals surface area contributed by atoms with E-state index in [9.17, 15) is 67.1 Å². The minimum atomic E-state index is -1.02. The van der Waals surface area contributed by atoms with E-state index in [4.69, 9.17) is 20.3 Å². The number of fused-ring (bicyclic) bond motifs is 4. The third-order valence-electron chi connectivity index (χ3n) is 25.4. The van der Waals surface area contributed by atoms with E-state index in [1.54, 1.807) is 30.3 Å². The molecule has 4 saturated heterocycles. The molecule has 0 saturated carbocycles. The van der Waals surface area contributed by atoms with Crippen LogP contribution in [0.1, 0.15) is 242 Å². The largest absolute Gasteiger partial charge is 0.481 e. The van der Waals surface area contributed by atoms with Gasteiger partial charge in [0.2, 0.25) is 29.5 Å². The Kier molecular flexibility index (Phi) is 30.5. The molecule has 8 aliphatic rings. The summed E-state index contributed by atoms with van der Waals surface area (Å²) in [5, 5.41) is 21.0. The number of hydrogen-bond acceptors (Lipinski definition) is 20. The third-order valence-corrected chi connectivity index (χ3v) is 25.4. The number of para-hydroxylation sites is 2. The molecule has 6 aliphatic heterocycles. The first-order valence-electron chi connectivity index (χ1n) is 43.3. The van der Waals surface area contributed by atoms with Gasteiger partial charge in [0, 0.05) is 146 Å². The number of nitrogens with one attached hydrogen (secondary N) is 4. The fraction of sp³-hybridized carbons (Fsp3) is 0.474. The number of piperidine rings is 4. The van der Waals surface area contributed by atoms with Crippen molar-refractivity contribution in [3.8, 4) is 0 Å². The molecule has 2 aliphatic carbocycles. The molecule has 14 rings (SSSR count). The number of ketones is 4. The number of imide groups is 4. The number of amides is 9. The zero-order valence-corrected chi connectivity index (χ0v) is 71.9. The van der Waals surface area contributed by atoms with Gasteiger partial charge >= 0.3 is 5.97 Å². The fourth-order valence-electron chi connectivity index (χ4n) is 19.1. The monoisotopic (exact) mass is 1680 g/mol. The summed E-state index contributed by atoms with van der Waals surface area (Å²) in [4.78, 5) is 182. The summed E-state index contributed by atoms with van der Waals surface area (Å²) in [6.45, 7) is 24.9. The van der Waals surface area contributed by atoms with Crippen LogP contribution in [0.5, 0.6) is 0 Å². The molecular weight excluding hydrogens is 1570 g/mol. The molecule has 6 aromatic rings. The first-order valence-corrected chi connectivity index (χ1v) is 43.3. The molecule has 0 bridgehead atoms. The van der Waals surface area contributed by atoms with Gasteiger partial charge in [-0.25, -0.2) is 0 Å². The summed E-state index contributed by atoms with van der Waals surface area (Å²) < 4.78 is 15.7. The summed E-state index contributed by atoms with van der Waals surface area (Å²) in [5.74, 6) is -3.86. The van der Waals surface area contributed by atoms with Gasteiger partial charge in [-0.15, -0.1) is 0 Å². The predicted octanol–water partition coefficient (Wildman–Crippen LogP) is 11.3. The molecule has 0 radical (unpaired) electrons. The van der Waals surface area contributed by atoms with Crippen LogP contribution in [0.2, 0.25) is 0 Å². The number of Topliss-reactive ketones (excluding diaryl/α,β-unsaturated/α-hetero) is 4. The molecular formula is C95H115N11O17. The van der Waals surface area contributed by atoms with Crippen molar-refractivity contribution in [2.75, 3.05) is 90.6 Å². The van der Waals surface area contributed by atoms with Crippen LogP contribution in [0.15, 0.2) is 131 Å². The molecule has 9 amide bonds. The van der Waals surface area contributed by atoms with E-state index >= 15 is 0 Å². The normalized spacial score (nSPS) is 19.2. The van der Waals surface area contributed by atoms with Crippen LogP contribution < -0.4 is 27.0 Å². The minimum Gasteiger partial charge on any atom is -0.481 e. The highest BCUT2D eigenvalue weighted by Crippen LogP contribution is 2.41. The zero-order chi connectivity index (χ0) is 88.0. The highest BCUT2D eigenvalue weighted by Gasteiger charge is 2.48. The van der Waals surface area contributed by atoms with Gasteiger partial charge in [0.15, 0.2) is 23.1 Å². The number of likely N-dealkylation sites (tertiary alicyclic amines) is 2. The van der Waals surface area contributed by atoms with Crippen LogP contribution in [-0.4, -0.2) is 214 Å². The Labute approximate surface area is 716 Å². The van der Waals surface area contributed by atoms with E-state index in [-0.39, 0.29) is 110 Å². The molecule has 28 heteroatoms. The van der Waals surface area contributed by atoms with E-state index in [1.165, 1.54) is 6.07 Å². The molecule has 4 atom stereocenters. The summed E-state index contributed by atoms with van der Waals surface area (Å²) in [7, 11) is 0. The van der Waals surface area contributed by atoms with Crippen LogP contribution >= 0.6 is 0 Å². The molecule has 4 aromatic carbocycles. The maximum absolute atomic E-state index is 13.8. The first kappa shape index (κ1) is 90.9. The molecule has 0 spiro atoms. The number of carbonyl (C=O) groups excluding carboxylic acids is 13. The SMILES string of the molecule is CC1=CC(C)=C(CCC(=O)c2c(C)n([C@@H](C)C3CCN(CCN)CC3)c3ccccc23)C(=O)C1.CC1=CC(C)=C(CCC(=O)c2c(C)n([C@@H](C)C3CCN(CCNC(=O)CCOCCCc4cccc5c4C(=O)N(C4CCC(=O)NC4=O)C5=O)CC3)c3ccccc23)C(=O)C1.O=C(O)CCOCCNc1cccc2c1C(=O)N(C1CCC(=O)NC1=O)C2=O. The van der Waals surface area contributed by atoms with Gasteiger partial charge in [-0.05, 0) is 216 Å². The van der Waals surface area contributed by atoms with Crippen LogP contribution in [0, 0.1) is 25.7 Å². The number of rotatable bonds is 33. The standard InChI is InChI=1S/C48H57N5O8.C29H39N3O2.C18H19N3O7/c1-29-27-30(2)35(41(55)28-29)14-16-40(54)44-32(4)52(38-13-6-5-11-36(38)44)31(3)33-18-22-51(23-19-33)24-21-49-42(56)20-26-61-25-8-10-34-9-7-12-37-45(34)48(60)53(47(37)59)39-15-17-43(57)50-46(39)58;1-19-17-20(2)24(28(34)18-19)9-10-27(33)29-22(4)32(26-8-6-5-7-25(26)29)21(3)23-11-14-31(15-12-23)16-13-30;22-13-5-4-12(16(25)20-13)21-17(26)10-2-1-3-11(15(10)18(21)27)19-7-9-28-8-6-14(23)24/h5-7,9,11-13,27,31,33,39H,8,10,14-26,28H2,1-4H3,(H,49,56)(H,50,57,58);5-8,17,21,23H,9-16,18,30H2,1-4H3;1-3,12,19H,4-9H2,(H,23,24)(H,20,22,25)/t31-,39?;21-;/m00./s1. The van der Waals surface area contributed by atoms with E-state index in [0.717, 1.165) is 153 Å². The number of aryl methyl sites for hydroxylation is 1. The number of hydrogen-bond donors (Lipinski definition) is 6. The van der Waals surface area contributed by atoms with Crippen LogP contribution in [-0.2, 0) is 54.3 Å². The summed E-state index contributed by atoms with van der Waals surface area (Å²) in [6, 6.07) is 24.8. The number of carboxylic acid groups (broad SMARTS) is 1. The number of anilines is 1. The van der Waals surface area contributed by atoms with Crippen molar-refractivity contribution in [3.05, 3.63) is 181 Å². The van der Waals surface area contributed by atoms with Gasteiger partial charge in [-0.1, -0.05) is 77.9 Å². The predicted molar refractivity (Wildman–Crippen MR) is 464 cm³/mol. The summed E-state index contributed by atoms with van der Waals surface area (Å²) >= 11 is 0. The van der Waals surface area contributed by atoms with Crippen LogP contribution in [0.4, 0.5) is 5.69 Å². The number of carboxylic acids is 1. The maximum atomic E-state index is 13.8. The minimum absolute atomic E-state index is 0.0581. The molecule has 28 nitrogen and oxygen atoms in total. The van der Waals surface area contributed by atoms with Gasteiger partial charge in [0.25, 0.3) is 23.6 Å². The zero-order valence-electron chi connectivity index (χ0n) is 71.9. The van der Waals surface area contributed by atoms with Gasteiger partial charge in [-0.3, -0.25) is 87.6 Å². The van der Waals surface area contributed by atoms with Gasteiger partial charge in [0.1, 0.15) is 12.1 Å². The lowest BCUT2D eigenvalue weighted by Crippen LogP contribution is -2.54. The van der Waals surface area contributed by atoms with E-state index in [1.807, 2.05) is 52.0 Å². The second-order valence-electron chi connectivity index (χ2n) is 33.6. The smallest absolute Gasteiger partial charge is 0.305 e. The Morgan fingerprint density at radius 2 is 0.976 bits per heavy atom. The van der Waals surface area contributed by atoms with Crippen LogP contribution in [0.3, 0.4) is 0 Å². The third kappa shape index (κ3) is 21.0. The maximum Gasteiger partial charge on any atom is 0.305 e. The van der Waals surface area contributed by atoms with Gasteiger partial charge < -0.3 is 49.9 Å². The van der Waals surface area contributed by atoms with Crippen molar-refractivity contribution in [2.24, 2.45) is 17.6 Å². The highest BCUT2D eigenvalue weighted by molar-refractivity contribution is 6.26. The average Bonchev–Trinajstić information content (AvgIpc) is 1.62. The van der Waals surface area contributed by atoms with Crippen molar-refractivity contribution >= 4 is 110 Å². The quantitative estimate of drug-likeness (QED) is 0.0127. The van der Waals surface area contributed by atoms with Crippen molar-refractivity contribution in [2.45, 2.75) is 195 Å². The molecule has 4 fully saturated rings. The highest BCUT2D eigenvalue weighted by atomic mass is 16.5. The molecule has 8 heterocycles. The Hall–Kier alpha value is -11.3. The van der Waals surface area contributed by atoms with Crippen molar-refractivity contribution < 1.29 is 81.7 Å². The number of ether oxygens (including phenoxy) is 2. The number of aromatic nitrogens is 2. The second-order valence-corrected chi connectivity index (χ2v) is 33.6. The second kappa shape index (κ2) is 41.3. The number of nitrogens with two attached hydrogens (primary N) is 1. The Balaban J connectivity index is 0.000000187. The Bertz CT molecular complexity index is 5290. The lowest BCUT2D eigenvalue weighted by molar-refractivity contribution is -0.138. The van der Waals surface area contributed by atoms with Crippen molar-refractivity contribution in [3.63, 3.8) is 0 Å². The summed E-state index contributed by atoms with van der Waals surface area (Å²) in [5.41, 5.74) is 19.4. The van der Waals surface area contributed by atoms with Gasteiger partial charge in [0.05, 0.1) is 48.5 Å². The number of carbonyl (C=O) groups is 14. The van der Waals surface area contributed by atoms with E-state index in [0.29, 0.717) is 112 Å². The number of nitrogens with zero attached hydrogens (tertiary/aromatic N) is 6. The molecule has 652 valence electrons. The van der Waals surface area contributed by atoms with Crippen molar-refractivity contribution in [1.82, 2.24) is 44.7 Å². The number of allylic oxidation sites excluding steroid dienone is 8. The number of benzene rings is 4.